The molecule has 0 bridgehead atoms. The lowest BCUT2D eigenvalue weighted by Gasteiger charge is -2.29. The van der Waals surface area contributed by atoms with Crippen LogP contribution in [0.2, 0.25) is 0 Å². The first-order valence-corrected chi connectivity index (χ1v) is 7.15. The molecular formula is C15H22N2O3. The predicted octanol–water partition coefficient (Wildman–Crippen LogP) is 1.88. The van der Waals surface area contributed by atoms with Crippen molar-refractivity contribution in [3.05, 3.63) is 24.0 Å². The van der Waals surface area contributed by atoms with E-state index in [1.807, 2.05) is 0 Å². The van der Waals surface area contributed by atoms with Crippen molar-refractivity contribution in [1.82, 2.24) is 9.88 Å². The Kier molecular flexibility index (Phi) is 4.82. The quantitative estimate of drug-likeness (QED) is 0.855. The molecule has 1 aromatic rings. The zero-order valence-electron chi connectivity index (χ0n) is 12.1. The second-order valence-electron chi connectivity index (χ2n) is 5.52. The molecule has 1 fully saturated rings. The average Bonchev–Trinajstić information content (AvgIpc) is 2.85. The summed E-state index contributed by atoms with van der Waals surface area (Å²) in [5.74, 6) is -0.188. The van der Waals surface area contributed by atoms with Crippen molar-refractivity contribution in [2.75, 3.05) is 6.61 Å². The van der Waals surface area contributed by atoms with Crippen molar-refractivity contribution in [1.29, 1.82) is 0 Å². The van der Waals surface area contributed by atoms with Crippen LogP contribution in [0, 0.1) is 5.92 Å². The number of ether oxygens (including phenoxy) is 1. The number of nitrogens with one attached hydrogen (secondary N) is 1. The van der Waals surface area contributed by atoms with E-state index in [4.69, 9.17) is 4.74 Å². The van der Waals surface area contributed by atoms with E-state index in [0.29, 0.717) is 11.6 Å². The van der Waals surface area contributed by atoms with Gasteiger partial charge >= 0.3 is 5.97 Å². The molecule has 0 radical (unpaired) electrons. The van der Waals surface area contributed by atoms with E-state index in [0.717, 1.165) is 19.3 Å². The number of aromatic nitrogens is 1. The summed E-state index contributed by atoms with van der Waals surface area (Å²) in [6.45, 7) is 1.94. The lowest BCUT2D eigenvalue weighted by molar-refractivity contribution is -0.125. The molecule has 1 aliphatic rings. The molecule has 0 unspecified atom stereocenters. The standard InChI is InChI=1S/C15H22N2O3/c1-11-6-3-4-7-12(11)16-14(18)10-20-15(19)13-8-5-9-17(13)2/h5,8-9,11-12H,3-4,6-7,10H2,1-2H3,(H,16,18)/t11-,12-/m1/s1. The van der Waals surface area contributed by atoms with Crippen molar-refractivity contribution in [2.45, 2.75) is 38.6 Å². The van der Waals surface area contributed by atoms with Crippen molar-refractivity contribution in [2.24, 2.45) is 13.0 Å². The van der Waals surface area contributed by atoms with Gasteiger partial charge in [0.25, 0.3) is 5.91 Å². The van der Waals surface area contributed by atoms with Crippen LogP contribution >= 0.6 is 0 Å². The maximum absolute atomic E-state index is 11.8. The van der Waals surface area contributed by atoms with Gasteiger partial charge in [-0.05, 0) is 30.9 Å². The van der Waals surface area contributed by atoms with Crippen molar-refractivity contribution in [3.8, 4) is 0 Å². The summed E-state index contributed by atoms with van der Waals surface area (Å²) in [5, 5.41) is 2.96. The maximum Gasteiger partial charge on any atom is 0.355 e. The van der Waals surface area contributed by atoms with Gasteiger partial charge in [-0.2, -0.15) is 0 Å². The minimum Gasteiger partial charge on any atom is -0.451 e. The van der Waals surface area contributed by atoms with Crippen LogP contribution in [0.5, 0.6) is 0 Å². The fraction of sp³-hybridized carbons (Fsp3) is 0.600. The first kappa shape index (κ1) is 14.6. The maximum atomic E-state index is 11.8. The average molecular weight is 278 g/mol. The Hall–Kier alpha value is -1.78. The number of rotatable bonds is 4. The number of carbonyl (C=O) groups excluding carboxylic acids is 2. The molecule has 1 heterocycles. The number of amides is 1. The Morgan fingerprint density at radius 2 is 2.15 bits per heavy atom. The normalized spacial score (nSPS) is 22.3. The van der Waals surface area contributed by atoms with Gasteiger partial charge in [0.2, 0.25) is 0 Å². The molecule has 0 aromatic carbocycles. The zero-order valence-corrected chi connectivity index (χ0v) is 12.1. The summed E-state index contributed by atoms with van der Waals surface area (Å²) in [7, 11) is 1.76. The molecular weight excluding hydrogens is 256 g/mol. The lowest BCUT2D eigenvalue weighted by Crippen LogP contribution is -2.42. The highest BCUT2D eigenvalue weighted by molar-refractivity contribution is 5.89. The SMILES string of the molecule is C[C@@H]1CCCC[C@H]1NC(=O)COC(=O)c1cccn1C. The zero-order chi connectivity index (χ0) is 14.5. The third-order valence-corrected chi connectivity index (χ3v) is 3.95. The topological polar surface area (TPSA) is 60.3 Å². The van der Waals surface area contributed by atoms with E-state index in [1.54, 1.807) is 29.9 Å². The molecule has 20 heavy (non-hydrogen) atoms. The molecule has 0 spiro atoms. The first-order chi connectivity index (χ1) is 9.58. The summed E-state index contributed by atoms with van der Waals surface area (Å²) in [6.07, 6.45) is 6.31. The van der Waals surface area contributed by atoms with Crippen molar-refractivity contribution < 1.29 is 14.3 Å². The van der Waals surface area contributed by atoms with Crippen LogP contribution < -0.4 is 5.32 Å². The molecule has 1 amide bonds. The third-order valence-electron chi connectivity index (χ3n) is 3.95. The molecule has 0 aliphatic heterocycles. The minimum absolute atomic E-state index is 0.213. The highest BCUT2D eigenvalue weighted by Crippen LogP contribution is 2.23. The summed E-state index contributed by atoms with van der Waals surface area (Å²) >= 11 is 0. The van der Waals surface area contributed by atoms with Crippen LogP contribution in [0.15, 0.2) is 18.3 Å². The number of hydrogen-bond acceptors (Lipinski definition) is 3. The minimum atomic E-state index is -0.468. The Bertz CT molecular complexity index is 481. The van der Waals surface area contributed by atoms with E-state index in [1.165, 1.54) is 6.42 Å². The van der Waals surface area contributed by atoms with Gasteiger partial charge in [0.15, 0.2) is 6.61 Å². The smallest absolute Gasteiger partial charge is 0.355 e. The Balaban J connectivity index is 1.77. The predicted molar refractivity (Wildman–Crippen MR) is 75.3 cm³/mol. The van der Waals surface area contributed by atoms with E-state index >= 15 is 0 Å². The Labute approximate surface area is 119 Å². The highest BCUT2D eigenvalue weighted by atomic mass is 16.5. The fourth-order valence-electron chi connectivity index (χ4n) is 2.66. The molecule has 1 saturated carbocycles. The lowest BCUT2D eigenvalue weighted by atomic mass is 9.86. The fourth-order valence-corrected chi connectivity index (χ4v) is 2.66. The van der Waals surface area contributed by atoms with Crippen LogP contribution in [0.25, 0.3) is 0 Å². The van der Waals surface area contributed by atoms with Gasteiger partial charge in [-0.15, -0.1) is 0 Å². The van der Waals surface area contributed by atoms with E-state index in [-0.39, 0.29) is 18.6 Å². The Morgan fingerprint density at radius 3 is 2.80 bits per heavy atom. The van der Waals surface area contributed by atoms with Gasteiger partial charge in [-0.1, -0.05) is 19.8 Å². The molecule has 5 nitrogen and oxygen atoms in total. The summed E-state index contributed by atoms with van der Waals surface area (Å²) in [4.78, 5) is 23.6. The summed E-state index contributed by atoms with van der Waals surface area (Å²) in [6, 6.07) is 3.65. The van der Waals surface area contributed by atoms with Gasteiger partial charge in [0, 0.05) is 19.3 Å². The largest absolute Gasteiger partial charge is 0.451 e. The van der Waals surface area contributed by atoms with Crippen LogP contribution in [0.3, 0.4) is 0 Å². The number of aryl methyl sites for hydroxylation is 1. The summed E-state index contributed by atoms with van der Waals surface area (Å²) < 4.78 is 6.70. The van der Waals surface area contributed by atoms with Crippen molar-refractivity contribution >= 4 is 11.9 Å². The van der Waals surface area contributed by atoms with Gasteiger partial charge in [-0.3, -0.25) is 4.79 Å². The van der Waals surface area contributed by atoms with E-state index in [2.05, 4.69) is 12.2 Å². The monoisotopic (exact) mass is 278 g/mol. The molecule has 2 rings (SSSR count). The van der Waals surface area contributed by atoms with Gasteiger partial charge in [0.05, 0.1) is 0 Å². The second kappa shape index (κ2) is 6.59. The molecule has 1 aromatic heterocycles. The van der Waals surface area contributed by atoms with Crippen LogP contribution in [-0.2, 0) is 16.6 Å². The third kappa shape index (κ3) is 3.62. The molecule has 1 N–H and O–H groups in total. The van der Waals surface area contributed by atoms with Crippen LogP contribution in [-0.4, -0.2) is 29.1 Å². The highest BCUT2D eigenvalue weighted by Gasteiger charge is 2.23. The van der Waals surface area contributed by atoms with Crippen LogP contribution in [0.4, 0.5) is 0 Å². The molecule has 2 atom stereocenters. The van der Waals surface area contributed by atoms with Crippen LogP contribution in [0.1, 0.15) is 43.1 Å². The summed E-state index contributed by atoms with van der Waals surface area (Å²) in [5.41, 5.74) is 0.448. The van der Waals surface area contributed by atoms with E-state index in [9.17, 15) is 9.59 Å². The number of esters is 1. The number of carbonyl (C=O) groups is 2. The number of hydrogen-bond donors (Lipinski definition) is 1. The van der Waals surface area contributed by atoms with Crippen molar-refractivity contribution in [3.63, 3.8) is 0 Å². The first-order valence-electron chi connectivity index (χ1n) is 7.15. The van der Waals surface area contributed by atoms with Gasteiger partial charge in [-0.25, -0.2) is 4.79 Å². The van der Waals surface area contributed by atoms with Gasteiger partial charge < -0.3 is 14.6 Å². The van der Waals surface area contributed by atoms with E-state index < -0.39 is 5.97 Å². The molecule has 110 valence electrons. The number of nitrogens with zero attached hydrogens (tertiary/aromatic N) is 1. The molecule has 5 heteroatoms. The molecule has 0 saturated heterocycles. The van der Waals surface area contributed by atoms with Gasteiger partial charge in [0.1, 0.15) is 5.69 Å². The Morgan fingerprint density at radius 1 is 1.40 bits per heavy atom. The second-order valence-corrected chi connectivity index (χ2v) is 5.52. The molecule has 1 aliphatic carbocycles.